The van der Waals surface area contributed by atoms with Crippen LogP contribution in [0.1, 0.15) is 29.8 Å². The van der Waals surface area contributed by atoms with E-state index < -0.39 is 6.61 Å². The predicted molar refractivity (Wildman–Crippen MR) is 65.2 cm³/mol. The zero-order valence-corrected chi connectivity index (χ0v) is 11.0. The first kappa shape index (κ1) is 13.3. The zero-order valence-electron chi connectivity index (χ0n) is 8.89. The van der Waals surface area contributed by atoms with Crippen LogP contribution in [0.25, 0.3) is 0 Å². The molecule has 2 nitrogen and oxygen atoms in total. The number of halogens is 3. The predicted octanol–water partition coefficient (Wildman–Crippen LogP) is 3.66. The molecule has 5 heteroatoms. The van der Waals surface area contributed by atoms with Crippen molar-refractivity contribution in [2.75, 3.05) is 0 Å². The van der Waals surface area contributed by atoms with Crippen molar-refractivity contribution < 1.29 is 18.3 Å². The SMILES string of the molecule is CCc1cc(I)cc(OC(F)F)c1C(C)=O. The summed E-state index contributed by atoms with van der Waals surface area (Å²) in [7, 11) is 0. The van der Waals surface area contributed by atoms with E-state index in [1.54, 1.807) is 6.07 Å². The molecular formula is C11H11F2IO2. The van der Waals surface area contributed by atoms with E-state index in [1.807, 2.05) is 29.5 Å². The number of ether oxygens (including phenoxy) is 1. The van der Waals surface area contributed by atoms with Crippen LogP contribution >= 0.6 is 22.6 Å². The van der Waals surface area contributed by atoms with Gasteiger partial charge in [-0.1, -0.05) is 6.92 Å². The summed E-state index contributed by atoms with van der Waals surface area (Å²) in [6.07, 6.45) is 0.603. The number of aryl methyl sites for hydroxylation is 1. The smallest absolute Gasteiger partial charge is 0.387 e. The van der Waals surface area contributed by atoms with E-state index in [4.69, 9.17) is 0 Å². The lowest BCUT2D eigenvalue weighted by Gasteiger charge is -2.13. The third-order valence-corrected chi connectivity index (χ3v) is 2.72. The van der Waals surface area contributed by atoms with E-state index in [0.717, 1.165) is 9.13 Å². The van der Waals surface area contributed by atoms with Crippen LogP contribution in [0.15, 0.2) is 12.1 Å². The molecule has 0 saturated heterocycles. The number of ketones is 1. The average Bonchev–Trinajstić information content (AvgIpc) is 2.14. The molecule has 0 aromatic heterocycles. The van der Waals surface area contributed by atoms with Crippen molar-refractivity contribution in [2.45, 2.75) is 26.9 Å². The molecule has 0 amide bonds. The molecule has 1 aromatic rings. The fourth-order valence-electron chi connectivity index (χ4n) is 1.50. The number of carbonyl (C=O) groups is 1. The summed E-state index contributed by atoms with van der Waals surface area (Å²) in [6.45, 7) is 0.296. The number of benzene rings is 1. The molecule has 16 heavy (non-hydrogen) atoms. The second-order valence-corrected chi connectivity index (χ2v) is 4.47. The first-order valence-electron chi connectivity index (χ1n) is 4.73. The van der Waals surface area contributed by atoms with Crippen molar-refractivity contribution in [3.05, 3.63) is 26.8 Å². The molecule has 0 aliphatic rings. The minimum absolute atomic E-state index is 0.0359. The number of hydrogen-bond donors (Lipinski definition) is 0. The topological polar surface area (TPSA) is 26.3 Å². The minimum atomic E-state index is -2.92. The largest absolute Gasteiger partial charge is 0.434 e. The van der Waals surface area contributed by atoms with Gasteiger partial charge < -0.3 is 4.74 Å². The minimum Gasteiger partial charge on any atom is -0.434 e. The summed E-state index contributed by atoms with van der Waals surface area (Å²) in [4.78, 5) is 11.4. The van der Waals surface area contributed by atoms with Crippen LogP contribution in [0, 0.1) is 3.57 Å². The van der Waals surface area contributed by atoms with Gasteiger partial charge in [0, 0.05) is 3.57 Å². The number of Topliss-reactive ketones (excluding diaryl/α,β-unsaturated/α-hetero) is 1. The lowest BCUT2D eigenvalue weighted by atomic mass is 10.0. The molecule has 1 aromatic carbocycles. The summed E-state index contributed by atoms with van der Waals surface area (Å²) in [5.41, 5.74) is 0.985. The quantitative estimate of drug-likeness (QED) is 0.618. The molecule has 0 radical (unpaired) electrons. The normalized spacial score (nSPS) is 10.6. The molecule has 0 saturated carbocycles. The molecule has 88 valence electrons. The van der Waals surface area contributed by atoms with Crippen LogP contribution in [0.2, 0.25) is 0 Å². The van der Waals surface area contributed by atoms with Gasteiger partial charge in [0.1, 0.15) is 5.75 Å². The summed E-state index contributed by atoms with van der Waals surface area (Å²) >= 11 is 2.01. The van der Waals surface area contributed by atoms with Gasteiger partial charge in [-0.2, -0.15) is 8.78 Å². The highest BCUT2D eigenvalue weighted by molar-refractivity contribution is 14.1. The van der Waals surface area contributed by atoms with Gasteiger partial charge in [0.2, 0.25) is 0 Å². The zero-order chi connectivity index (χ0) is 12.3. The maximum Gasteiger partial charge on any atom is 0.387 e. The molecule has 0 aliphatic carbocycles. The van der Waals surface area contributed by atoms with Crippen LogP contribution in [0.3, 0.4) is 0 Å². The Kier molecular flexibility index (Phi) is 4.64. The maximum absolute atomic E-state index is 12.2. The fourth-order valence-corrected chi connectivity index (χ4v) is 2.16. The second kappa shape index (κ2) is 5.56. The third-order valence-electron chi connectivity index (χ3n) is 2.10. The number of alkyl halides is 2. The maximum atomic E-state index is 12.2. The van der Waals surface area contributed by atoms with Crippen molar-refractivity contribution >= 4 is 28.4 Å². The second-order valence-electron chi connectivity index (χ2n) is 3.23. The van der Waals surface area contributed by atoms with E-state index in [1.165, 1.54) is 13.0 Å². The van der Waals surface area contributed by atoms with Crippen molar-refractivity contribution in [3.8, 4) is 5.75 Å². The molecule has 0 bridgehead atoms. The van der Waals surface area contributed by atoms with E-state index in [2.05, 4.69) is 4.74 Å². The molecular weight excluding hydrogens is 329 g/mol. The highest BCUT2D eigenvalue weighted by Crippen LogP contribution is 2.28. The summed E-state index contributed by atoms with van der Waals surface area (Å²) in [5, 5.41) is 0. The highest BCUT2D eigenvalue weighted by Gasteiger charge is 2.17. The van der Waals surface area contributed by atoms with Gasteiger partial charge in [-0.3, -0.25) is 4.79 Å². The van der Waals surface area contributed by atoms with Gasteiger partial charge >= 0.3 is 6.61 Å². The average molecular weight is 340 g/mol. The van der Waals surface area contributed by atoms with E-state index in [9.17, 15) is 13.6 Å². The van der Waals surface area contributed by atoms with Gasteiger partial charge in [-0.25, -0.2) is 0 Å². The summed E-state index contributed by atoms with van der Waals surface area (Å²) < 4.78 is 29.5. The molecule has 0 heterocycles. The Bertz CT molecular complexity index is 405. The highest BCUT2D eigenvalue weighted by atomic mass is 127. The van der Waals surface area contributed by atoms with Crippen molar-refractivity contribution in [1.82, 2.24) is 0 Å². The van der Waals surface area contributed by atoms with Crippen molar-refractivity contribution in [2.24, 2.45) is 0 Å². The first-order valence-corrected chi connectivity index (χ1v) is 5.81. The number of carbonyl (C=O) groups excluding carboxylic acids is 1. The number of rotatable bonds is 4. The lowest BCUT2D eigenvalue weighted by Crippen LogP contribution is -2.09. The summed E-state index contributed by atoms with van der Waals surface area (Å²) in [6, 6.07) is 3.25. The first-order chi connectivity index (χ1) is 7.45. The molecule has 0 unspecified atom stereocenters. The lowest BCUT2D eigenvalue weighted by molar-refractivity contribution is -0.0502. The van der Waals surface area contributed by atoms with Crippen LogP contribution in [-0.2, 0) is 6.42 Å². The Labute approximate surface area is 106 Å². The molecule has 1 rings (SSSR count). The van der Waals surface area contributed by atoms with Crippen molar-refractivity contribution in [3.63, 3.8) is 0 Å². The van der Waals surface area contributed by atoms with Crippen LogP contribution in [0.5, 0.6) is 5.75 Å². The molecule has 0 atom stereocenters. The Morgan fingerprint density at radius 1 is 1.50 bits per heavy atom. The molecule has 0 aliphatic heterocycles. The molecule has 0 N–H and O–H groups in total. The van der Waals surface area contributed by atoms with E-state index >= 15 is 0 Å². The standard InChI is InChI=1S/C11H11F2IO2/c1-3-7-4-8(14)5-9(16-11(12)13)10(7)6(2)15/h4-5,11H,3H2,1-2H3. The van der Waals surface area contributed by atoms with Gasteiger partial charge in [-0.05, 0) is 53.6 Å². The van der Waals surface area contributed by atoms with E-state index in [-0.39, 0.29) is 17.1 Å². The Morgan fingerprint density at radius 3 is 2.56 bits per heavy atom. The Hall–Kier alpha value is -0.720. The monoisotopic (exact) mass is 340 g/mol. The summed E-state index contributed by atoms with van der Waals surface area (Å²) in [5.74, 6) is -0.296. The molecule has 0 spiro atoms. The van der Waals surface area contributed by atoms with Gasteiger partial charge in [-0.15, -0.1) is 0 Å². The fraction of sp³-hybridized carbons (Fsp3) is 0.364. The number of hydrogen-bond acceptors (Lipinski definition) is 2. The van der Waals surface area contributed by atoms with Gasteiger partial charge in [0.05, 0.1) is 5.56 Å². The van der Waals surface area contributed by atoms with Crippen LogP contribution in [-0.4, -0.2) is 12.4 Å². The Morgan fingerprint density at radius 2 is 2.12 bits per heavy atom. The van der Waals surface area contributed by atoms with Gasteiger partial charge in [0.15, 0.2) is 5.78 Å². The Balaban J connectivity index is 3.32. The molecule has 0 fully saturated rings. The van der Waals surface area contributed by atoms with E-state index in [0.29, 0.717) is 6.42 Å². The van der Waals surface area contributed by atoms with Crippen LogP contribution < -0.4 is 4.74 Å². The van der Waals surface area contributed by atoms with Crippen molar-refractivity contribution in [1.29, 1.82) is 0 Å². The third kappa shape index (κ3) is 3.13. The van der Waals surface area contributed by atoms with Crippen LogP contribution in [0.4, 0.5) is 8.78 Å². The van der Waals surface area contributed by atoms with Gasteiger partial charge in [0.25, 0.3) is 0 Å².